The van der Waals surface area contributed by atoms with Crippen LogP contribution in [-0.4, -0.2) is 34.4 Å². The Morgan fingerprint density at radius 3 is 2.59 bits per heavy atom. The third kappa shape index (κ3) is 5.29. The number of aromatic nitrogens is 1. The van der Waals surface area contributed by atoms with E-state index >= 15 is 0 Å². The highest BCUT2D eigenvalue weighted by atomic mass is 32.1. The molecule has 146 valence electrons. The van der Waals surface area contributed by atoms with E-state index in [9.17, 15) is 22.8 Å². The van der Waals surface area contributed by atoms with E-state index in [1.807, 2.05) is 0 Å². The van der Waals surface area contributed by atoms with Crippen LogP contribution in [0.2, 0.25) is 0 Å². The van der Waals surface area contributed by atoms with E-state index in [2.05, 4.69) is 4.98 Å². The normalized spacial score (nSPS) is 11.5. The van der Waals surface area contributed by atoms with Crippen molar-refractivity contribution in [2.75, 3.05) is 6.61 Å². The summed E-state index contributed by atoms with van der Waals surface area (Å²) in [7, 11) is 0. The van der Waals surface area contributed by atoms with Gasteiger partial charge < -0.3 is 9.64 Å². The van der Waals surface area contributed by atoms with E-state index in [1.54, 1.807) is 20.8 Å². The standard InChI is InChI=1S/C18H19F3N2O3S/c1-4-26-17(25)14-10-27-15(22-14)9-23(11(2)3)16(24)12-6-5-7-13(8-12)18(19,20)21/h5-8,10-11H,4,9H2,1-3H3. The molecule has 27 heavy (non-hydrogen) atoms. The fourth-order valence-electron chi connectivity index (χ4n) is 2.31. The lowest BCUT2D eigenvalue weighted by molar-refractivity contribution is -0.137. The van der Waals surface area contributed by atoms with Gasteiger partial charge in [-0.2, -0.15) is 13.2 Å². The minimum atomic E-state index is -4.53. The zero-order chi connectivity index (χ0) is 20.2. The average Bonchev–Trinajstić information content (AvgIpc) is 3.07. The first kappa shape index (κ1) is 20.9. The van der Waals surface area contributed by atoms with Gasteiger partial charge in [-0.3, -0.25) is 4.79 Å². The lowest BCUT2D eigenvalue weighted by Gasteiger charge is -2.26. The smallest absolute Gasteiger partial charge is 0.416 e. The van der Waals surface area contributed by atoms with Gasteiger partial charge in [-0.25, -0.2) is 9.78 Å². The molecule has 2 aromatic rings. The molecular weight excluding hydrogens is 381 g/mol. The second kappa shape index (κ2) is 8.51. The number of hydrogen-bond donors (Lipinski definition) is 0. The summed E-state index contributed by atoms with van der Waals surface area (Å²) in [6, 6.07) is 4.03. The molecule has 0 aliphatic heterocycles. The van der Waals surface area contributed by atoms with Crippen molar-refractivity contribution >= 4 is 23.2 Å². The lowest BCUT2D eigenvalue weighted by Crippen LogP contribution is -2.36. The summed E-state index contributed by atoms with van der Waals surface area (Å²) < 4.78 is 43.6. The molecule has 1 heterocycles. The first-order valence-electron chi connectivity index (χ1n) is 8.23. The number of alkyl halides is 3. The molecular formula is C18H19F3N2O3S. The molecule has 0 saturated heterocycles. The lowest BCUT2D eigenvalue weighted by atomic mass is 10.1. The molecule has 0 aliphatic carbocycles. The van der Waals surface area contributed by atoms with Gasteiger partial charge in [-0.15, -0.1) is 11.3 Å². The van der Waals surface area contributed by atoms with Crippen molar-refractivity contribution in [2.24, 2.45) is 0 Å². The number of nitrogens with zero attached hydrogens (tertiary/aromatic N) is 2. The summed E-state index contributed by atoms with van der Waals surface area (Å²) in [5, 5.41) is 2.02. The first-order chi connectivity index (χ1) is 12.6. The number of thiazole rings is 1. The fraction of sp³-hybridized carbons (Fsp3) is 0.389. The van der Waals surface area contributed by atoms with Gasteiger partial charge in [0, 0.05) is 17.0 Å². The third-order valence-electron chi connectivity index (χ3n) is 3.66. The van der Waals surface area contributed by atoms with Crippen LogP contribution in [0.25, 0.3) is 0 Å². The molecule has 1 aromatic carbocycles. The van der Waals surface area contributed by atoms with Gasteiger partial charge in [-0.1, -0.05) is 6.07 Å². The minimum Gasteiger partial charge on any atom is -0.461 e. The van der Waals surface area contributed by atoms with Gasteiger partial charge in [0.15, 0.2) is 5.69 Å². The molecule has 1 amide bonds. The summed E-state index contributed by atoms with van der Waals surface area (Å²) in [6.45, 7) is 5.49. The van der Waals surface area contributed by atoms with E-state index in [1.165, 1.54) is 33.7 Å². The molecule has 0 atom stereocenters. The zero-order valence-corrected chi connectivity index (χ0v) is 15.9. The number of esters is 1. The Morgan fingerprint density at radius 1 is 1.30 bits per heavy atom. The van der Waals surface area contributed by atoms with Gasteiger partial charge in [-0.05, 0) is 39.0 Å². The Kier molecular flexibility index (Phi) is 6.59. The summed E-state index contributed by atoms with van der Waals surface area (Å²) >= 11 is 1.18. The molecule has 0 radical (unpaired) electrons. The number of hydrogen-bond acceptors (Lipinski definition) is 5. The number of benzene rings is 1. The van der Waals surface area contributed by atoms with Crippen LogP contribution in [0, 0.1) is 0 Å². The van der Waals surface area contributed by atoms with Crippen LogP contribution in [0.4, 0.5) is 13.2 Å². The van der Waals surface area contributed by atoms with Crippen LogP contribution >= 0.6 is 11.3 Å². The fourth-order valence-corrected chi connectivity index (χ4v) is 3.07. The Hall–Kier alpha value is -2.42. The number of carbonyl (C=O) groups excluding carboxylic acids is 2. The summed E-state index contributed by atoms with van der Waals surface area (Å²) in [5.41, 5.74) is -0.788. The minimum absolute atomic E-state index is 0.0549. The number of ether oxygens (including phenoxy) is 1. The van der Waals surface area contributed by atoms with Crippen LogP contribution in [0.15, 0.2) is 29.6 Å². The van der Waals surface area contributed by atoms with Gasteiger partial charge in [0.2, 0.25) is 0 Å². The van der Waals surface area contributed by atoms with Gasteiger partial charge in [0.1, 0.15) is 5.01 Å². The molecule has 0 aliphatic rings. The molecule has 2 rings (SSSR count). The summed E-state index contributed by atoms with van der Waals surface area (Å²) in [5.74, 6) is -1.09. The molecule has 0 unspecified atom stereocenters. The molecule has 1 aromatic heterocycles. The SMILES string of the molecule is CCOC(=O)c1csc(CN(C(=O)c2cccc(C(F)(F)F)c2)C(C)C)n1. The van der Waals surface area contributed by atoms with Crippen LogP contribution in [0.1, 0.15) is 52.2 Å². The van der Waals surface area contributed by atoms with E-state index < -0.39 is 23.6 Å². The number of carbonyl (C=O) groups is 2. The van der Waals surface area contributed by atoms with Crippen LogP contribution in [-0.2, 0) is 17.5 Å². The Balaban J connectivity index is 2.23. The second-order valence-electron chi connectivity index (χ2n) is 5.95. The number of halogens is 3. The van der Waals surface area contributed by atoms with E-state index in [0.717, 1.165) is 12.1 Å². The largest absolute Gasteiger partial charge is 0.461 e. The Bertz CT molecular complexity index is 818. The van der Waals surface area contributed by atoms with Crippen LogP contribution < -0.4 is 0 Å². The molecule has 9 heteroatoms. The zero-order valence-electron chi connectivity index (χ0n) is 15.0. The maximum Gasteiger partial charge on any atom is 0.416 e. The van der Waals surface area contributed by atoms with Gasteiger partial charge in [0.05, 0.1) is 18.7 Å². The molecule has 0 N–H and O–H groups in total. The highest BCUT2D eigenvalue weighted by Crippen LogP contribution is 2.30. The third-order valence-corrected chi connectivity index (χ3v) is 4.50. The van der Waals surface area contributed by atoms with Crippen molar-refractivity contribution in [1.82, 2.24) is 9.88 Å². The van der Waals surface area contributed by atoms with E-state index in [0.29, 0.717) is 5.01 Å². The van der Waals surface area contributed by atoms with Crippen molar-refractivity contribution in [3.05, 3.63) is 51.5 Å². The van der Waals surface area contributed by atoms with Crippen LogP contribution in [0.5, 0.6) is 0 Å². The van der Waals surface area contributed by atoms with Crippen molar-refractivity contribution in [1.29, 1.82) is 0 Å². The topological polar surface area (TPSA) is 59.5 Å². The monoisotopic (exact) mass is 400 g/mol. The predicted octanol–water partition coefficient (Wildman–Crippen LogP) is 4.39. The Morgan fingerprint density at radius 2 is 2.00 bits per heavy atom. The predicted molar refractivity (Wildman–Crippen MR) is 94.5 cm³/mol. The quantitative estimate of drug-likeness (QED) is 0.675. The molecule has 0 bridgehead atoms. The van der Waals surface area contributed by atoms with Crippen molar-refractivity contribution in [3.8, 4) is 0 Å². The second-order valence-corrected chi connectivity index (χ2v) is 6.89. The van der Waals surface area contributed by atoms with Crippen molar-refractivity contribution in [2.45, 2.75) is 39.5 Å². The average molecular weight is 400 g/mol. The molecule has 0 fully saturated rings. The highest BCUT2D eigenvalue weighted by molar-refractivity contribution is 7.09. The van der Waals surface area contributed by atoms with Crippen molar-refractivity contribution in [3.63, 3.8) is 0 Å². The summed E-state index contributed by atoms with van der Waals surface area (Å²) in [6.07, 6.45) is -4.53. The molecule has 0 saturated carbocycles. The van der Waals surface area contributed by atoms with Crippen LogP contribution in [0.3, 0.4) is 0 Å². The molecule has 0 spiro atoms. The van der Waals surface area contributed by atoms with Gasteiger partial charge >= 0.3 is 12.1 Å². The maximum atomic E-state index is 12.9. The molecule has 5 nitrogen and oxygen atoms in total. The van der Waals surface area contributed by atoms with Crippen molar-refractivity contribution < 1.29 is 27.5 Å². The highest BCUT2D eigenvalue weighted by Gasteiger charge is 2.31. The maximum absolute atomic E-state index is 12.9. The Labute approximate surface area is 158 Å². The first-order valence-corrected chi connectivity index (χ1v) is 9.11. The number of rotatable bonds is 6. The van der Waals surface area contributed by atoms with E-state index in [4.69, 9.17) is 4.74 Å². The van der Waals surface area contributed by atoms with E-state index in [-0.39, 0.29) is 30.5 Å². The van der Waals surface area contributed by atoms with Gasteiger partial charge in [0.25, 0.3) is 5.91 Å². The number of amides is 1. The summed E-state index contributed by atoms with van der Waals surface area (Å²) in [4.78, 5) is 30.0.